The fourth-order valence-corrected chi connectivity index (χ4v) is 1.95. The summed E-state index contributed by atoms with van der Waals surface area (Å²) in [6.07, 6.45) is 0. The average Bonchev–Trinajstić information content (AvgIpc) is 2.44. The number of hydrogen-bond donors (Lipinski definition) is 0. The second kappa shape index (κ2) is 7.60. The summed E-state index contributed by atoms with van der Waals surface area (Å²) in [6, 6.07) is 12.8. The van der Waals surface area contributed by atoms with Crippen molar-refractivity contribution in [3.63, 3.8) is 0 Å². The molecule has 0 radical (unpaired) electrons. The molecule has 0 fully saturated rings. The van der Waals surface area contributed by atoms with Crippen LogP contribution in [0.5, 0.6) is 0 Å². The van der Waals surface area contributed by atoms with Gasteiger partial charge in [0.25, 0.3) is 0 Å². The molecule has 0 unspecified atom stereocenters. The highest BCUT2D eigenvalue weighted by molar-refractivity contribution is 8.03. The van der Waals surface area contributed by atoms with E-state index in [1.165, 1.54) is 11.6 Å². The van der Waals surface area contributed by atoms with Gasteiger partial charge in [-0.1, -0.05) is 49.7 Å². The van der Waals surface area contributed by atoms with Crippen molar-refractivity contribution in [1.29, 1.82) is 5.26 Å². The van der Waals surface area contributed by atoms with Crippen molar-refractivity contribution in [3.8, 4) is 16.5 Å². The fourth-order valence-electron chi connectivity index (χ4n) is 1.56. The summed E-state index contributed by atoms with van der Waals surface area (Å²) in [4.78, 5) is 0.364. The lowest BCUT2D eigenvalue weighted by atomic mass is 10.0. The van der Waals surface area contributed by atoms with E-state index in [4.69, 9.17) is 5.26 Å². The van der Waals surface area contributed by atoms with Crippen molar-refractivity contribution in [2.75, 3.05) is 0 Å². The number of nitrogens with zero attached hydrogens (tertiary/aromatic N) is 1. The summed E-state index contributed by atoms with van der Waals surface area (Å²) in [7, 11) is 0. The van der Waals surface area contributed by atoms with Gasteiger partial charge in [-0.2, -0.15) is 5.26 Å². The Kier molecular flexibility index (Phi) is 6.11. The molecule has 0 aliphatic rings. The molecule has 98 valence electrons. The van der Waals surface area contributed by atoms with E-state index in [1.54, 1.807) is 6.07 Å². The second-order valence-electron chi connectivity index (χ2n) is 3.70. The van der Waals surface area contributed by atoms with E-state index in [2.05, 4.69) is 0 Å². The van der Waals surface area contributed by atoms with Crippen LogP contribution in [0.3, 0.4) is 0 Å². The number of halogens is 1. The highest BCUT2D eigenvalue weighted by atomic mass is 32.2. The SMILES string of the molecule is CC.Cc1ccc(-c2ccc(SC#N)c(F)c2)cc1. The van der Waals surface area contributed by atoms with Crippen LogP contribution < -0.4 is 0 Å². The van der Waals surface area contributed by atoms with E-state index < -0.39 is 0 Å². The Bertz CT molecular complexity index is 570. The molecule has 0 heterocycles. The Morgan fingerprint density at radius 3 is 2.11 bits per heavy atom. The fraction of sp³-hybridized carbons (Fsp3) is 0.188. The van der Waals surface area contributed by atoms with Gasteiger partial charge in [0.05, 0.1) is 4.90 Å². The van der Waals surface area contributed by atoms with Crippen LogP contribution in [-0.2, 0) is 0 Å². The number of hydrogen-bond acceptors (Lipinski definition) is 2. The Balaban J connectivity index is 0.000000861. The van der Waals surface area contributed by atoms with Crippen molar-refractivity contribution >= 4 is 11.8 Å². The van der Waals surface area contributed by atoms with Gasteiger partial charge < -0.3 is 0 Å². The van der Waals surface area contributed by atoms with E-state index in [-0.39, 0.29) is 5.82 Å². The van der Waals surface area contributed by atoms with Crippen molar-refractivity contribution in [2.24, 2.45) is 0 Å². The number of nitriles is 1. The van der Waals surface area contributed by atoms with Crippen LogP contribution in [0.2, 0.25) is 0 Å². The molecule has 3 heteroatoms. The summed E-state index contributed by atoms with van der Waals surface area (Å²) in [5.41, 5.74) is 2.97. The molecular weight excluding hydrogens is 257 g/mol. The van der Waals surface area contributed by atoms with Crippen LogP contribution in [-0.4, -0.2) is 0 Å². The van der Waals surface area contributed by atoms with E-state index in [9.17, 15) is 4.39 Å². The molecule has 0 bridgehead atoms. The predicted molar refractivity (Wildman–Crippen MR) is 79.4 cm³/mol. The number of benzene rings is 2. The smallest absolute Gasteiger partial charge is 0.138 e. The van der Waals surface area contributed by atoms with Gasteiger partial charge in [0.1, 0.15) is 11.2 Å². The Morgan fingerprint density at radius 2 is 1.58 bits per heavy atom. The Morgan fingerprint density at radius 1 is 1.00 bits per heavy atom. The monoisotopic (exact) mass is 273 g/mol. The van der Waals surface area contributed by atoms with Gasteiger partial charge in [0.2, 0.25) is 0 Å². The number of aryl methyl sites for hydroxylation is 1. The predicted octanol–water partition coefficient (Wildman–Crippen LogP) is 5.40. The van der Waals surface area contributed by atoms with Crippen molar-refractivity contribution in [2.45, 2.75) is 25.7 Å². The molecule has 2 aromatic rings. The van der Waals surface area contributed by atoms with Crippen molar-refractivity contribution in [3.05, 3.63) is 53.8 Å². The maximum absolute atomic E-state index is 13.6. The van der Waals surface area contributed by atoms with Crippen molar-refractivity contribution < 1.29 is 4.39 Å². The molecule has 0 N–H and O–H groups in total. The van der Waals surface area contributed by atoms with Crippen molar-refractivity contribution in [1.82, 2.24) is 0 Å². The van der Waals surface area contributed by atoms with Crippen LogP contribution >= 0.6 is 11.8 Å². The van der Waals surface area contributed by atoms with Gasteiger partial charge in [0.15, 0.2) is 0 Å². The summed E-state index contributed by atoms with van der Waals surface area (Å²) < 4.78 is 13.6. The van der Waals surface area contributed by atoms with Gasteiger partial charge in [-0.05, 0) is 41.9 Å². The zero-order valence-electron chi connectivity index (χ0n) is 11.3. The van der Waals surface area contributed by atoms with Crippen LogP contribution in [0.4, 0.5) is 4.39 Å². The molecule has 0 saturated carbocycles. The van der Waals surface area contributed by atoms with Gasteiger partial charge in [-0.25, -0.2) is 4.39 Å². The Hall–Kier alpha value is -1.79. The minimum atomic E-state index is -0.352. The summed E-state index contributed by atoms with van der Waals surface area (Å²) in [5.74, 6) is -0.352. The number of rotatable bonds is 2. The van der Waals surface area contributed by atoms with Gasteiger partial charge in [0, 0.05) is 0 Å². The molecule has 1 nitrogen and oxygen atoms in total. The highest BCUT2D eigenvalue weighted by Crippen LogP contribution is 2.26. The third-order valence-electron chi connectivity index (χ3n) is 2.47. The third kappa shape index (κ3) is 4.11. The molecule has 2 aromatic carbocycles. The van der Waals surface area contributed by atoms with Crippen LogP contribution in [0.1, 0.15) is 19.4 Å². The van der Waals surface area contributed by atoms with Crippen LogP contribution in [0.25, 0.3) is 11.1 Å². The van der Waals surface area contributed by atoms with Crippen LogP contribution in [0, 0.1) is 23.4 Å². The lowest BCUT2D eigenvalue weighted by molar-refractivity contribution is 0.603. The molecular formula is C16H16FNS. The largest absolute Gasteiger partial charge is 0.206 e. The summed E-state index contributed by atoms with van der Waals surface area (Å²) >= 11 is 0.839. The average molecular weight is 273 g/mol. The first-order chi connectivity index (χ1) is 9.20. The summed E-state index contributed by atoms with van der Waals surface area (Å²) in [5, 5.41) is 10.4. The van der Waals surface area contributed by atoms with E-state index in [0.29, 0.717) is 4.90 Å². The lowest BCUT2D eigenvalue weighted by Gasteiger charge is -2.04. The molecule has 0 aromatic heterocycles. The van der Waals surface area contributed by atoms with Gasteiger partial charge >= 0.3 is 0 Å². The Labute approximate surface area is 118 Å². The molecule has 19 heavy (non-hydrogen) atoms. The number of thiocyanates is 1. The molecule has 0 spiro atoms. The first-order valence-electron chi connectivity index (χ1n) is 6.13. The molecule has 2 rings (SSSR count). The summed E-state index contributed by atoms with van der Waals surface area (Å²) in [6.45, 7) is 6.01. The minimum Gasteiger partial charge on any atom is -0.206 e. The highest BCUT2D eigenvalue weighted by Gasteiger charge is 2.05. The first-order valence-corrected chi connectivity index (χ1v) is 6.95. The standard InChI is InChI=1S/C14H10FNS.C2H6/c1-10-2-4-11(5-3-10)12-6-7-14(17-9-16)13(15)8-12;1-2/h2-8H,1H3;1-2H3. The van der Waals surface area contributed by atoms with E-state index in [0.717, 1.165) is 22.9 Å². The zero-order chi connectivity index (χ0) is 14.3. The molecule has 0 aliphatic heterocycles. The molecule has 0 saturated heterocycles. The molecule has 0 amide bonds. The molecule has 0 aliphatic carbocycles. The molecule has 0 atom stereocenters. The van der Waals surface area contributed by atoms with Gasteiger partial charge in [-0.3, -0.25) is 0 Å². The maximum Gasteiger partial charge on any atom is 0.138 e. The third-order valence-corrected chi connectivity index (χ3v) is 3.11. The topological polar surface area (TPSA) is 23.8 Å². The van der Waals surface area contributed by atoms with Gasteiger partial charge in [-0.15, -0.1) is 0 Å². The van der Waals surface area contributed by atoms with E-state index in [1.807, 2.05) is 56.5 Å². The van der Waals surface area contributed by atoms with E-state index >= 15 is 0 Å². The lowest BCUT2D eigenvalue weighted by Crippen LogP contribution is -1.83. The quantitative estimate of drug-likeness (QED) is 0.540. The second-order valence-corrected chi connectivity index (χ2v) is 4.53. The maximum atomic E-state index is 13.6. The van der Waals surface area contributed by atoms with Crippen LogP contribution in [0.15, 0.2) is 47.4 Å². The zero-order valence-corrected chi connectivity index (χ0v) is 12.1. The first kappa shape index (κ1) is 15.3. The normalized spacial score (nSPS) is 9.21. The number of thioether (sulfide) groups is 1. The minimum absolute atomic E-state index is 0.352.